The molecule has 0 fully saturated rings. The van der Waals surface area contributed by atoms with Gasteiger partial charge < -0.3 is 15.0 Å². The second kappa shape index (κ2) is 7.07. The molecule has 1 heterocycles. The summed E-state index contributed by atoms with van der Waals surface area (Å²) in [5, 5.41) is 13.2. The molecule has 0 saturated carbocycles. The fraction of sp³-hybridized carbons (Fsp3) is 0.400. The number of hydrogen-bond donors (Lipinski definition) is 2. The van der Waals surface area contributed by atoms with Gasteiger partial charge in [0.25, 0.3) is 0 Å². The summed E-state index contributed by atoms with van der Waals surface area (Å²) in [4.78, 5) is 4.37. The summed E-state index contributed by atoms with van der Waals surface area (Å²) in [5.41, 5.74) is 1.07. The maximum absolute atomic E-state index is 10.0. The van der Waals surface area contributed by atoms with Gasteiger partial charge in [-0.05, 0) is 13.0 Å². The topological polar surface area (TPSA) is 50.1 Å². The van der Waals surface area contributed by atoms with Crippen LogP contribution in [0.4, 0.5) is 0 Å². The van der Waals surface area contributed by atoms with Gasteiger partial charge in [0, 0.05) is 24.5 Å². The number of benzene rings is 1. The van der Waals surface area contributed by atoms with E-state index in [2.05, 4.69) is 17.2 Å². The largest absolute Gasteiger partial charge is 0.390 e. The average Bonchev–Trinajstić information content (AvgIpc) is 2.88. The molecule has 0 aliphatic rings. The van der Waals surface area contributed by atoms with E-state index in [0.717, 1.165) is 24.4 Å². The standard InChI is InChI=1S/C15H21N3O/c1-2-8-16-11-14(19)12-18-10-9-17-15(18)13-6-4-3-5-7-13/h3-7,9-10,14,16,19H,2,8,11-12H2,1H3. The molecule has 2 N–H and O–H groups in total. The smallest absolute Gasteiger partial charge is 0.139 e. The van der Waals surface area contributed by atoms with Crippen molar-refractivity contribution in [3.8, 4) is 11.4 Å². The molecule has 0 aliphatic heterocycles. The van der Waals surface area contributed by atoms with Gasteiger partial charge in [0.2, 0.25) is 0 Å². The third kappa shape index (κ3) is 3.91. The number of aliphatic hydroxyl groups is 1. The lowest BCUT2D eigenvalue weighted by Gasteiger charge is -2.14. The molecule has 4 nitrogen and oxygen atoms in total. The highest BCUT2D eigenvalue weighted by Gasteiger charge is 2.09. The van der Waals surface area contributed by atoms with Gasteiger partial charge in [0.05, 0.1) is 12.6 Å². The van der Waals surface area contributed by atoms with Crippen molar-refractivity contribution < 1.29 is 5.11 Å². The highest BCUT2D eigenvalue weighted by atomic mass is 16.3. The Kier molecular flexibility index (Phi) is 5.12. The Bertz CT molecular complexity index is 481. The normalized spacial score (nSPS) is 12.5. The lowest BCUT2D eigenvalue weighted by molar-refractivity contribution is 0.152. The Morgan fingerprint density at radius 3 is 2.84 bits per heavy atom. The minimum atomic E-state index is -0.400. The number of nitrogens with zero attached hydrogens (tertiary/aromatic N) is 2. The lowest BCUT2D eigenvalue weighted by Crippen LogP contribution is -2.30. The van der Waals surface area contributed by atoms with Crippen molar-refractivity contribution in [2.75, 3.05) is 13.1 Å². The van der Waals surface area contributed by atoms with Gasteiger partial charge in [-0.1, -0.05) is 37.3 Å². The van der Waals surface area contributed by atoms with Crippen LogP contribution in [0.5, 0.6) is 0 Å². The zero-order chi connectivity index (χ0) is 13.5. The molecule has 1 aromatic heterocycles. The van der Waals surface area contributed by atoms with Gasteiger partial charge >= 0.3 is 0 Å². The molecule has 0 spiro atoms. The number of aromatic nitrogens is 2. The highest BCUT2D eigenvalue weighted by Crippen LogP contribution is 2.16. The Balaban J connectivity index is 2.00. The van der Waals surface area contributed by atoms with E-state index < -0.39 is 6.10 Å². The van der Waals surface area contributed by atoms with E-state index in [4.69, 9.17) is 0 Å². The molecule has 0 radical (unpaired) electrons. The number of imidazole rings is 1. The molecule has 2 rings (SSSR count). The molecular formula is C15H21N3O. The van der Waals surface area contributed by atoms with Crippen LogP contribution in [-0.2, 0) is 6.54 Å². The molecule has 1 unspecified atom stereocenters. The van der Waals surface area contributed by atoms with Gasteiger partial charge in [-0.2, -0.15) is 0 Å². The summed E-state index contributed by atoms with van der Waals surface area (Å²) < 4.78 is 1.99. The lowest BCUT2D eigenvalue weighted by atomic mass is 10.2. The Morgan fingerprint density at radius 2 is 2.11 bits per heavy atom. The van der Waals surface area contributed by atoms with Crippen molar-refractivity contribution >= 4 is 0 Å². The Morgan fingerprint density at radius 1 is 1.32 bits per heavy atom. The van der Waals surface area contributed by atoms with Crippen LogP contribution in [0.1, 0.15) is 13.3 Å². The molecule has 0 bridgehead atoms. The zero-order valence-electron chi connectivity index (χ0n) is 11.3. The maximum Gasteiger partial charge on any atom is 0.139 e. The van der Waals surface area contributed by atoms with Crippen LogP contribution in [0.2, 0.25) is 0 Å². The van der Waals surface area contributed by atoms with Gasteiger partial charge in [-0.15, -0.1) is 0 Å². The Hall–Kier alpha value is -1.65. The molecule has 0 amide bonds. The molecule has 0 aliphatic carbocycles. The molecule has 102 valence electrons. The number of aliphatic hydroxyl groups excluding tert-OH is 1. The Labute approximate surface area is 114 Å². The highest BCUT2D eigenvalue weighted by molar-refractivity contribution is 5.55. The van der Waals surface area contributed by atoms with Crippen molar-refractivity contribution in [1.29, 1.82) is 0 Å². The minimum Gasteiger partial charge on any atom is -0.390 e. The third-order valence-corrected chi connectivity index (χ3v) is 2.96. The van der Waals surface area contributed by atoms with E-state index in [1.807, 2.05) is 41.1 Å². The zero-order valence-corrected chi connectivity index (χ0v) is 11.3. The predicted octanol–water partition coefficient (Wildman–Crippen LogP) is 1.91. The molecular weight excluding hydrogens is 238 g/mol. The fourth-order valence-electron chi connectivity index (χ4n) is 2.04. The van der Waals surface area contributed by atoms with Crippen LogP contribution in [0.25, 0.3) is 11.4 Å². The SMILES string of the molecule is CCCNCC(O)Cn1ccnc1-c1ccccc1. The van der Waals surface area contributed by atoms with Crippen molar-refractivity contribution in [2.24, 2.45) is 0 Å². The molecule has 1 atom stereocenters. The first-order valence-electron chi connectivity index (χ1n) is 6.76. The van der Waals surface area contributed by atoms with Crippen LogP contribution < -0.4 is 5.32 Å². The summed E-state index contributed by atoms with van der Waals surface area (Å²) >= 11 is 0. The molecule has 1 aromatic carbocycles. The summed E-state index contributed by atoms with van der Waals surface area (Å²) in [6.45, 7) is 4.22. The van der Waals surface area contributed by atoms with Crippen molar-refractivity contribution in [3.63, 3.8) is 0 Å². The van der Waals surface area contributed by atoms with Gasteiger partial charge in [0.15, 0.2) is 0 Å². The van der Waals surface area contributed by atoms with Crippen LogP contribution in [0.3, 0.4) is 0 Å². The first-order chi connectivity index (χ1) is 9.31. The van der Waals surface area contributed by atoms with Crippen LogP contribution in [0.15, 0.2) is 42.7 Å². The summed E-state index contributed by atoms with van der Waals surface area (Å²) in [6.07, 6.45) is 4.36. The van der Waals surface area contributed by atoms with Crippen molar-refractivity contribution in [1.82, 2.24) is 14.9 Å². The van der Waals surface area contributed by atoms with E-state index in [-0.39, 0.29) is 0 Å². The van der Waals surface area contributed by atoms with Crippen LogP contribution in [-0.4, -0.2) is 33.9 Å². The van der Waals surface area contributed by atoms with Crippen LogP contribution >= 0.6 is 0 Å². The van der Waals surface area contributed by atoms with E-state index in [1.54, 1.807) is 6.20 Å². The van der Waals surface area contributed by atoms with Gasteiger partial charge in [-0.25, -0.2) is 4.98 Å². The third-order valence-electron chi connectivity index (χ3n) is 2.96. The predicted molar refractivity (Wildman–Crippen MR) is 76.8 cm³/mol. The van der Waals surface area contributed by atoms with Crippen LogP contribution in [0, 0.1) is 0 Å². The van der Waals surface area contributed by atoms with Gasteiger partial charge in [-0.3, -0.25) is 0 Å². The second-order valence-electron chi connectivity index (χ2n) is 4.63. The molecule has 0 saturated heterocycles. The van der Waals surface area contributed by atoms with E-state index in [0.29, 0.717) is 13.1 Å². The molecule has 19 heavy (non-hydrogen) atoms. The molecule has 2 aromatic rings. The first-order valence-corrected chi connectivity index (χ1v) is 6.76. The quantitative estimate of drug-likeness (QED) is 0.747. The number of hydrogen-bond acceptors (Lipinski definition) is 3. The van der Waals surface area contributed by atoms with E-state index >= 15 is 0 Å². The number of rotatable bonds is 7. The van der Waals surface area contributed by atoms with E-state index in [9.17, 15) is 5.11 Å². The maximum atomic E-state index is 10.0. The molecule has 4 heteroatoms. The van der Waals surface area contributed by atoms with Gasteiger partial charge in [0.1, 0.15) is 5.82 Å². The first kappa shape index (κ1) is 13.8. The number of nitrogens with one attached hydrogen (secondary N) is 1. The van der Waals surface area contributed by atoms with Crippen molar-refractivity contribution in [3.05, 3.63) is 42.7 Å². The monoisotopic (exact) mass is 259 g/mol. The average molecular weight is 259 g/mol. The fourth-order valence-corrected chi connectivity index (χ4v) is 2.04. The minimum absolute atomic E-state index is 0.400. The van der Waals surface area contributed by atoms with E-state index in [1.165, 1.54) is 0 Å². The summed E-state index contributed by atoms with van der Waals surface area (Å²) in [5.74, 6) is 0.898. The van der Waals surface area contributed by atoms with Crippen molar-refractivity contribution in [2.45, 2.75) is 26.0 Å². The second-order valence-corrected chi connectivity index (χ2v) is 4.63. The summed E-state index contributed by atoms with van der Waals surface area (Å²) in [6, 6.07) is 10.0. The summed E-state index contributed by atoms with van der Waals surface area (Å²) in [7, 11) is 0.